The van der Waals surface area contributed by atoms with Gasteiger partial charge in [-0.1, -0.05) is 36.4 Å². The number of aromatic nitrogens is 2. The number of carbonyl (C=O) groups is 2. The minimum atomic E-state index is -0.441. The van der Waals surface area contributed by atoms with Gasteiger partial charge in [0.15, 0.2) is 0 Å². The molecule has 0 aliphatic carbocycles. The smallest absolute Gasteiger partial charge is 0.261 e. The molecule has 0 N–H and O–H groups in total. The predicted molar refractivity (Wildman–Crippen MR) is 106 cm³/mol. The van der Waals surface area contributed by atoms with Crippen LogP contribution in [0.5, 0.6) is 0 Å². The maximum Gasteiger partial charge on any atom is 0.261 e. The molecule has 5 rings (SSSR count). The molecule has 146 valence electrons. The molecule has 6 nitrogen and oxygen atoms in total. The van der Waals surface area contributed by atoms with Crippen LogP contribution in [0.3, 0.4) is 0 Å². The lowest BCUT2D eigenvalue weighted by Crippen LogP contribution is -2.29. The Balaban J connectivity index is 1.35. The standard InChI is InChI=1S/C23H14FN3O3/c24-19-8-4-3-7-18(19)21-26-25-20(30-21)15-11-9-14(10-12-15)13-27-22(28)16-5-1-2-6-17(16)23(27)29/h1-12H,13H2. The van der Waals surface area contributed by atoms with Gasteiger partial charge in [0.25, 0.3) is 17.7 Å². The molecular formula is C23H14FN3O3. The van der Waals surface area contributed by atoms with E-state index in [2.05, 4.69) is 10.2 Å². The van der Waals surface area contributed by atoms with Crippen LogP contribution < -0.4 is 0 Å². The van der Waals surface area contributed by atoms with Crippen LogP contribution in [0, 0.1) is 5.82 Å². The van der Waals surface area contributed by atoms with Crippen LogP contribution in [0.4, 0.5) is 4.39 Å². The Morgan fingerprint density at radius 2 is 1.30 bits per heavy atom. The Labute approximate surface area is 170 Å². The van der Waals surface area contributed by atoms with Gasteiger partial charge in [-0.05, 0) is 42.0 Å². The third kappa shape index (κ3) is 2.97. The first-order valence-electron chi connectivity index (χ1n) is 9.25. The summed E-state index contributed by atoms with van der Waals surface area (Å²) in [5.74, 6) is -0.694. The third-order valence-electron chi connectivity index (χ3n) is 4.95. The predicted octanol–water partition coefficient (Wildman–Crippen LogP) is 4.34. The highest BCUT2D eigenvalue weighted by molar-refractivity contribution is 6.21. The van der Waals surface area contributed by atoms with Crippen molar-refractivity contribution in [1.82, 2.24) is 15.1 Å². The van der Waals surface area contributed by atoms with Crippen LogP contribution in [0.1, 0.15) is 26.3 Å². The van der Waals surface area contributed by atoms with Crippen molar-refractivity contribution in [3.63, 3.8) is 0 Å². The number of fused-ring (bicyclic) bond motifs is 1. The Morgan fingerprint density at radius 1 is 0.733 bits per heavy atom. The molecule has 0 bridgehead atoms. The number of halogens is 1. The van der Waals surface area contributed by atoms with Gasteiger partial charge in [-0.25, -0.2) is 4.39 Å². The monoisotopic (exact) mass is 399 g/mol. The lowest BCUT2D eigenvalue weighted by molar-refractivity contribution is 0.0642. The molecular weight excluding hydrogens is 385 g/mol. The molecule has 1 aliphatic heterocycles. The number of rotatable bonds is 4. The number of carbonyl (C=O) groups excluding carboxylic acids is 2. The van der Waals surface area contributed by atoms with Crippen molar-refractivity contribution in [2.75, 3.05) is 0 Å². The third-order valence-corrected chi connectivity index (χ3v) is 4.95. The molecule has 30 heavy (non-hydrogen) atoms. The zero-order valence-electron chi connectivity index (χ0n) is 15.6. The zero-order valence-corrected chi connectivity index (χ0v) is 15.6. The van der Waals surface area contributed by atoms with E-state index in [1.165, 1.54) is 11.0 Å². The Hall–Kier alpha value is -4.13. The van der Waals surface area contributed by atoms with Crippen LogP contribution in [0.15, 0.2) is 77.2 Å². The molecule has 1 aromatic heterocycles. The average Bonchev–Trinajstić information content (AvgIpc) is 3.35. The molecule has 3 aromatic carbocycles. The van der Waals surface area contributed by atoms with Gasteiger partial charge in [0.05, 0.1) is 23.2 Å². The largest absolute Gasteiger partial charge is 0.416 e. The molecule has 0 saturated heterocycles. The maximum absolute atomic E-state index is 13.9. The van der Waals surface area contributed by atoms with Gasteiger partial charge in [-0.15, -0.1) is 10.2 Å². The van der Waals surface area contributed by atoms with Crippen molar-refractivity contribution >= 4 is 11.8 Å². The second-order valence-electron chi connectivity index (χ2n) is 6.83. The van der Waals surface area contributed by atoms with Crippen molar-refractivity contribution < 1.29 is 18.4 Å². The molecule has 0 spiro atoms. The minimum absolute atomic E-state index is 0.0956. The fourth-order valence-corrected chi connectivity index (χ4v) is 3.40. The summed E-state index contributed by atoms with van der Waals surface area (Å²) in [5, 5.41) is 7.90. The highest BCUT2D eigenvalue weighted by atomic mass is 19.1. The SMILES string of the molecule is O=C1c2ccccc2C(=O)N1Cc1ccc(-c2nnc(-c3ccccc3F)o2)cc1. The lowest BCUT2D eigenvalue weighted by atomic mass is 10.1. The van der Waals surface area contributed by atoms with Crippen molar-refractivity contribution in [1.29, 1.82) is 0 Å². The first kappa shape index (κ1) is 17.9. The molecule has 2 heterocycles. The molecule has 0 unspecified atom stereocenters. The zero-order chi connectivity index (χ0) is 20.7. The maximum atomic E-state index is 13.9. The second-order valence-corrected chi connectivity index (χ2v) is 6.83. The van der Waals surface area contributed by atoms with Crippen molar-refractivity contribution in [2.24, 2.45) is 0 Å². The normalized spacial score (nSPS) is 13.0. The first-order chi connectivity index (χ1) is 14.6. The van der Waals surface area contributed by atoms with E-state index >= 15 is 0 Å². The van der Waals surface area contributed by atoms with E-state index in [0.717, 1.165) is 5.56 Å². The van der Waals surface area contributed by atoms with E-state index in [1.54, 1.807) is 66.7 Å². The minimum Gasteiger partial charge on any atom is -0.416 e. The van der Waals surface area contributed by atoms with Gasteiger partial charge in [-0.3, -0.25) is 14.5 Å². The summed E-state index contributed by atoms with van der Waals surface area (Å²) in [6.45, 7) is 0.164. The van der Waals surface area contributed by atoms with Crippen molar-refractivity contribution in [3.05, 3.63) is 95.3 Å². The van der Waals surface area contributed by atoms with Gasteiger partial charge in [0.2, 0.25) is 5.89 Å². The summed E-state index contributed by atoms with van der Waals surface area (Å²) >= 11 is 0. The Morgan fingerprint density at radius 3 is 1.93 bits per heavy atom. The number of imide groups is 1. The van der Waals surface area contributed by atoms with E-state index in [4.69, 9.17) is 4.42 Å². The van der Waals surface area contributed by atoms with E-state index in [9.17, 15) is 14.0 Å². The molecule has 0 atom stereocenters. The molecule has 1 aliphatic rings. The number of hydrogen-bond donors (Lipinski definition) is 0. The average molecular weight is 399 g/mol. The van der Waals surface area contributed by atoms with Crippen LogP contribution in [-0.4, -0.2) is 26.9 Å². The van der Waals surface area contributed by atoms with Crippen molar-refractivity contribution in [3.8, 4) is 22.9 Å². The van der Waals surface area contributed by atoms with Crippen molar-refractivity contribution in [2.45, 2.75) is 6.54 Å². The van der Waals surface area contributed by atoms with Crippen LogP contribution in [-0.2, 0) is 6.54 Å². The molecule has 0 fully saturated rings. The highest BCUT2D eigenvalue weighted by Crippen LogP contribution is 2.27. The number of hydrogen-bond acceptors (Lipinski definition) is 5. The fourth-order valence-electron chi connectivity index (χ4n) is 3.40. The van der Waals surface area contributed by atoms with E-state index in [-0.39, 0.29) is 35.7 Å². The summed E-state index contributed by atoms with van der Waals surface area (Å²) in [7, 11) is 0. The first-order valence-corrected chi connectivity index (χ1v) is 9.25. The fraction of sp³-hybridized carbons (Fsp3) is 0.0435. The number of nitrogens with zero attached hydrogens (tertiary/aromatic N) is 3. The van der Waals surface area contributed by atoms with Gasteiger partial charge < -0.3 is 4.42 Å². The number of amides is 2. The summed E-state index contributed by atoms with van der Waals surface area (Å²) in [4.78, 5) is 26.2. The van der Waals surface area contributed by atoms with Gasteiger partial charge in [-0.2, -0.15) is 0 Å². The number of benzene rings is 3. The highest BCUT2D eigenvalue weighted by Gasteiger charge is 2.34. The summed E-state index contributed by atoms with van der Waals surface area (Å²) < 4.78 is 19.5. The van der Waals surface area contributed by atoms with Crippen LogP contribution in [0.25, 0.3) is 22.9 Å². The van der Waals surface area contributed by atoms with E-state index < -0.39 is 5.82 Å². The van der Waals surface area contributed by atoms with Gasteiger partial charge in [0.1, 0.15) is 5.82 Å². The molecule has 0 radical (unpaired) electrons. The van der Waals surface area contributed by atoms with Crippen LogP contribution in [0.2, 0.25) is 0 Å². The Bertz CT molecular complexity index is 1250. The summed E-state index contributed by atoms with van der Waals surface area (Å²) in [6.07, 6.45) is 0. The molecule has 0 saturated carbocycles. The summed E-state index contributed by atoms with van der Waals surface area (Å²) in [5.41, 5.74) is 2.51. The van der Waals surface area contributed by atoms with Gasteiger partial charge in [0, 0.05) is 5.56 Å². The topological polar surface area (TPSA) is 76.3 Å². The lowest BCUT2D eigenvalue weighted by Gasteiger charge is -2.13. The quantitative estimate of drug-likeness (QED) is 0.477. The van der Waals surface area contributed by atoms with Gasteiger partial charge >= 0.3 is 0 Å². The van der Waals surface area contributed by atoms with E-state index in [1.807, 2.05) is 0 Å². The second kappa shape index (κ2) is 7.04. The van der Waals surface area contributed by atoms with Crippen LogP contribution >= 0.6 is 0 Å². The molecule has 7 heteroatoms. The summed E-state index contributed by atoms with van der Waals surface area (Å²) in [6, 6.07) is 20.0. The molecule has 2 amide bonds. The molecule has 4 aromatic rings. The van der Waals surface area contributed by atoms with E-state index in [0.29, 0.717) is 16.7 Å². The Kier molecular flexibility index (Phi) is 4.21.